The molecule has 0 saturated heterocycles. The van der Waals surface area contributed by atoms with E-state index < -0.39 is 0 Å². The Balaban J connectivity index is 1.78. The fraction of sp³-hybridized carbons (Fsp3) is 0.167. The summed E-state index contributed by atoms with van der Waals surface area (Å²) in [6, 6.07) is 12.2. The van der Waals surface area contributed by atoms with Crippen LogP contribution in [0.25, 0.3) is 21.8 Å². The fourth-order valence-electron chi connectivity index (χ4n) is 2.71. The predicted molar refractivity (Wildman–Crippen MR) is 94.7 cm³/mol. The van der Waals surface area contributed by atoms with Crippen molar-refractivity contribution in [3.05, 3.63) is 48.8 Å². The first-order chi connectivity index (χ1) is 11.6. The summed E-state index contributed by atoms with van der Waals surface area (Å²) in [4.78, 5) is 10.9. The number of ether oxygens (including phenoxy) is 1. The number of anilines is 1. The van der Waals surface area contributed by atoms with E-state index in [1.807, 2.05) is 73.3 Å². The molecule has 2 aromatic carbocycles. The Morgan fingerprint density at radius 3 is 2.71 bits per heavy atom. The van der Waals surface area contributed by atoms with Gasteiger partial charge in [0.15, 0.2) is 0 Å². The molecule has 0 fully saturated rings. The number of benzene rings is 2. The third kappa shape index (κ3) is 2.42. The number of rotatable bonds is 3. The van der Waals surface area contributed by atoms with Crippen LogP contribution in [-0.4, -0.2) is 33.8 Å². The topological polar surface area (TPSA) is 56.1 Å². The molecular formula is C18H17N5O. The van der Waals surface area contributed by atoms with Crippen LogP contribution in [0.4, 0.5) is 5.69 Å². The minimum atomic E-state index is 0.326. The number of aromatic nitrogens is 4. The van der Waals surface area contributed by atoms with Gasteiger partial charge in [0, 0.05) is 49.9 Å². The zero-order chi connectivity index (χ0) is 16.7. The van der Waals surface area contributed by atoms with Crippen LogP contribution in [0.3, 0.4) is 0 Å². The van der Waals surface area contributed by atoms with Crippen molar-refractivity contribution in [3.63, 3.8) is 0 Å². The lowest BCUT2D eigenvalue weighted by molar-refractivity contribution is 0.444. The fourth-order valence-corrected chi connectivity index (χ4v) is 2.71. The summed E-state index contributed by atoms with van der Waals surface area (Å²) in [5.41, 5.74) is 2.87. The highest BCUT2D eigenvalue weighted by Crippen LogP contribution is 2.27. The minimum Gasteiger partial charge on any atom is -0.424 e. The van der Waals surface area contributed by atoms with E-state index in [9.17, 15) is 0 Å². The summed E-state index contributed by atoms with van der Waals surface area (Å²) in [5.74, 6) is 0.706. The number of hydrogen-bond acceptors (Lipinski definition) is 5. The second-order valence-corrected chi connectivity index (χ2v) is 5.86. The molecule has 2 aromatic heterocycles. The van der Waals surface area contributed by atoms with Gasteiger partial charge >= 0.3 is 6.01 Å². The van der Waals surface area contributed by atoms with E-state index in [0.29, 0.717) is 11.8 Å². The highest BCUT2D eigenvalue weighted by Gasteiger charge is 2.10. The second kappa shape index (κ2) is 5.49. The van der Waals surface area contributed by atoms with Gasteiger partial charge in [-0.1, -0.05) is 18.2 Å². The predicted octanol–water partition coefficient (Wildman–Crippen LogP) is 3.37. The summed E-state index contributed by atoms with van der Waals surface area (Å²) in [6.45, 7) is 0. The molecule has 2 heterocycles. The summed E-state index contributed by atoms with van der Waals surface area (Å²) in [7, 11) is 5.89. The van der Waals surface area contributed by atoms with Crippen molar-refractivity contribution in [1.82, 2.24) is 19.7 Å². The molecule has 0 aliphatic carbocycles. The van der Waals surface area contributed by atoms with Crippen molar-refractivity contribution >= 4 is 27.5 Å². The Morgan fingerprint density at radius 2 is 1.88 bits per heavy atom. The molecule has 6 heteroatoms. The SMILES string of the molecule is CN(C)c1cccc(Oc2ncc3ccc4cnn(C)c4c3n2)c1. The Labute approximate surface area is 139 Å². The quantitative estimate of drug-likeness (QED) is 0.579. The first-order valence-corrected chi connectivity index (χ1v) is 7.64. The summed E-state index contributed by atoms with van der Waals surface area (Å²) >= 11 is 0. The van der Waals surface area contributed by atoms with Gasteiger partial charge in [-0.15, -0.1) is 0 Å². The summed E-state index contributed by atoms with van der Waals surface area (Å²) in [6.07, 6.45) is 3.61. The molecule has 0 bridgehead atoms. The number of nitrogens with zero attached hydrogens (tertiary/aromatic N) is 5. The lowest BCUT2D eigenvalue weighted by Gasteiger charge is -2.13. The van der Waals surface area contributed by atoms with Gasteiger partial charge in [0.05, 0.1) is 11.7 Å². The smallest absolute Gasteiger partial charge is 0.322 e. The Hall–Kier alpha value is -3.15. The molecule has 0 unspecified atom stereocenters. The van der Waals surface area contributed by atoms with Crippen LogP contribution in [0.2, 0.25) is 0 Å². The van der Waals surface area contributed by atoms with Gasteiger partial charge in [-0.25, -0.2) is 4.98 Å². The normalized spacial score (nSPS) is 11.1. The molecule has 0 aliphatic rings. The van der Waals surface area contributed by atoms with Crippen molar-refractivity contribution in [2.45, 2.75) is 0 Å². The lowest BCUT2D eigenvalue weighted by Crippen LogP contribution is -2.08. The van der Waals surface area contributed by atoms with Crippen molar-refractivity contribution in [3.8, 4) is 11.8 Å². The van der Waals surface area contributed by atoms with Crippen LogP contribution in [-0.2, 0) is 7.05 Å². The van der Waals surface area contributed by atoms with Crippen LogP contribution in [0, 0.1) is 0 Å². The van der Waals surface area contributed by atoms with E-state index >= 15 is 0 Å². The zero-order valence-electron chi connectivity index (χ0n) is 13.8. The first-order valence-electron chi connectivity index (χ1n) is 7.64. The lowest BCUT2D eigenvalue weighted by atomic mass is 10.2. The first kappa shape index (κ1) is 14.4. The van der Waals surface area contributed by atoms with Crippen LogP contribution in [0.5, 0.6) is 11.8 Å². The molecule has 0 atom stereocenters. The van der Waals surface area contributed by atoms with Crippen LogP contribution in [0.1, 0.15) is 0 Å². The number of fused-ring (bicyclic) bond motifs is 3. The van der Waals surface area contributed by atoms with E-state index in [2.05, 4.69) is 15.1 Å². The maximum Gasteiger partial charge on any atom is 0.322 e. The van der Waals surface area contributed by atoms with Gasteiger partial charge in [-0.05, 0) is 12.1 Å². The van der Waals surface area contributed by atoms with Gasteiger partial charge in [0.2, 0.25) is 0 Å². The molecule has 0 aliphatic heterocycles. The van der Waals surface area contributed by atoms with Gasteiger partial charge in [0.25, 0.3) is 0 Å². The van der Waals surface area contributed by atoms with Crippen molar-refractivity contribution in [2.24, 2.45) is 7.05 Å². The average molecular weight is 319 g/mol. The largest absolute Gasteiger partial charge is 0.424 e. The summed E-state index contributed by atoms with van der Waals surface area (Å²) < 4.78 is 7.68. The molecule has 0 radical (unpaired) electrons. The highest BCUT2D eigenvalue weighted by atomic mass is 16.5. The van der Waals surface area contributed by atoms with Gasteiger partial charge in [-0.3, -0.25) is 4.68 Å². The van der Waals surface area contributed by atoms with E-state index in [-0.39, 0.29) is 0 Å². The van der Waals surface area contributed by atoms with Crippen LogP contribution < -0.4 is 9.64 Å². The average Bonchev–Trinajstić information content (AvgIpc) is 2.97. The Bertz CT molecular complexity index is 1040. The maximum absolute atomic E-state index is 5.86. The maximum atomic E-state index is 5.86. The highest BCUT2D eigenvalue weighted by molar-refractivity contribution is 6.02. The Kier molecular flexibility index (Phi) is 3.30. The third-order valence-corrected chi connectivity index (χ3v) is 3.97. The third-order valence-electron chi connectivity index (χ3n) is 3.97. The molecule has 6 nitrogen and oxygen atoms in total. The molecule has 120 valence electrons. The van der Waals surface area contributed by atoms with Gasteiger partial charge < -0.3 is 9.64 Å². The van der Waals surface area contributed by atoms with E-state index in [1.54, 1.807) is 6.20 Å². The van der Waals surface area contributed by atoms with Crippen molar-refractivity contribution in [1.29, 1.82) is 0 Å². The van der Waals surface area contributed by atoms with Gasteiger partial charge in [-0.2, -0.15) is 10.1 Å². The second-order valence-electron chi connectivity index (χ2n) is 5.86. The number of hydrogen-bond donors (Lipinski definition) is 0. The van der Waals surface area contributed by atoms with Gasteiger partial charge in [0.1, 0.15) is 11.3 Å². The standard InChI is InChI=1S/C18H17N5O/c1-22(2)14-5-4-6-15(9-14)24-18-19-10-12-7-8-13-11-20-23(3)17(13)16(12)21-18/h4-11H,1-3H3. The molecule has 4 aromatic rings. The van der Waals surface area contributed by atoms with Crippen LogP contribution >= 0.6 is 0 Å². The molecule has 0 N–H and O–H groups in total. The van der Waals surface area contributed by atoms with E-state index in [0.717, 1.165) is 27.5 Å². The number of aryl methyl sites for hydroxylation is 1. The molecule has 0 saturated carbocycles. The molecule has 0 spiro atoms. The molecule has 4 rings (SSSR count). The molecule has 24 heavy (non-hydrogen) atoms. The summed E-state index contributed by atoms with van der Waals surface area (Å²) in [5, 5.41) is 6.30. The minimum absolute atomic E-state index is 0.326. The van der Waals surface area contributed by atoms with E-state index in [4.69, 9.17) is 4.74 Å². The van der Waals surface area contributed by atoms with Crippen LogP contribution in [0.15, 0.2) is 48.8 Å². The van der Waals surface area contributed by atoms with Crippen molar-refractivity contribution in [2.75, 3.05) is 19.0 Å². The Morgan fingerprint density at radius 1 is 1.04 bits per heavy atom. The molecular weight excluding hydrogens is 302 g/mol. The monoisotopic (exact) mass is 319 g/mol. The molecule has 0 amide bonds. The zero-order valence-corrected chi connectivity index (χ0v) is 13.8. The van der Waals surface area contributed by atoms with E-state index in [1.165, 1.54) is 0 Å². The van der Waals surface area contributed by atoms with Crippen molar-refractivity contribution < 1.29 is 4.74 Å².